The summed E-state index contributed by atoms with van der Waals surface area (Å²) in [5.41, 5.74) is 0.688. The van der Waals surface area contributed by atoms with Crippen molar-refractivity contribution in [1.82, 2.24) is 0 Å². The highest BCUT2D eigenvalue weighted by molar-refractivity contribution is 5.99. The molecule has 148 valence electrons. The van der Waals surface area contributed by atoms with E-state index in [1.807, 2.05) is 30.3 Å². The molecule has 0 amide bonds. The molecule has 0 atom stereocenters. The Balaban J connectivity index is 1.58. The minimum absolute atomic E-state index is 0.325. The average Bonchev–Trinajstić information content (AvgIpc) is 2.78. The van der Waals surface area contributed by atoms with Crippen molar-refractivity contribution < 1.29 is 28.5 Å². The molecule has 0 aliphatic carbocycles. The molecule has 0 saturated carbocycles. The van der Waals surface area contributed by atoms with Crippen molar-refractivity contribution in [2.24, 2.45) is 0 Å². The van der Waals surface area contributed by atoms with Crippen LogP contribution in [-0.2, 0) is 4.74 Å². The van der Waals surface area contributed by atoms with Crippen LogP contribution in [0.1, 0.15) is 20.7 Å². The predicted molar refractivity (Wildman–Crippen MR) is 107 cm³/mol. The summed E-state index contributed by atoms with van der Waals surface area (Å²) in [4.78, 5) is 24.5. The quantitative estimate of drug-likeness (QED) is 0.414. The number of hydrogen-bond acceptors (Lipinski definition) is 6. The van der Waals surface area contributed by atoms with Gasteiger partial charge in [-0.1, -0.05) is 18.2 Å². The molecule has 0 aliphatic heterocycles. The highest BCUT2D eigenvalue weighted by atomic mass is 16.5. The van der Waals surface area contributed by atoms with Crippen molar-refractivity contribution >= 4 is 11.8 Å². The summed E-state index contributed by atoms with van der Waals surface area (Å²) in [6.07, 6.45) is 0. The number of ether oxygens (including phenoxy) is 4. The number of rotatable bonds is 8. The number of carbonyl (C=O) groups is 2. The van der Waals surface area contributed by atoms with Crippen LogP contribution >= 0.6 is 0 Å². The lowest BCUT2D eigenvalue weighted by atomic mass is 10.1. The molecule has 0 spiro atoms. The van der Waals surface area contributed by atoms with Crippen molar-refractivity contribution in [2.75, 3.05) is 20.8 Å². The van der Waals surface area contributed by atoms with Gasteiger partial charge in [0.05, 0.1) is 19.8 Å². The molecule has 0 N–H and O–H groups in total. The van der Waals surface area contributed by atoms with Gasteiger partial charge in [-0.25, -0.2) is 4.79 Å². The normalized spacial score (nSPS) is 10.1. The zero-order valence-corrected chi connectivity index (χ0v) is 16.1. The number of hydrogen-bond donors (Lipinski definition) is 0. The Morgan fingerprint density at radius 2 is 1.34 bits per heavy atom. The summed E-state index contributed by atoms with van der Waals surface area (Å²) in [5, 5.41) is 0. The van der Waals surface area contributed by atoms with E-state index in [0.29, 0.717) is 34.1 Å². The maximum Gasteiger partial charge on any atom is 0.338 e. The molecule has 0 aromatic heterocycles. The van der Waals surface area contributed by atoms with Crippen LogP contribution < -0.4 is 14.2 Å². The zero-order chi connectivity index (χ0) is 20.6. The molecule has 0 heterocycles. The fourth-order valence-corrected chi connectivity index (χ4v) is 2.59. The molecule has 0 unspecified atom stereocenters. The van der Waals surface area contributed by atoms with Crippen LogP contribution in [0.2, 0.25) is 0 Å². The van der Waals surface area contributed by atoms with E-state index in [2.05, 4.69) is 0 Å². The van der Waals surface area contributed by atoms with Crippen LogP contribution in [0.3, 0.4) is 0 Å². The minimum atomic E-state index is -0.593. The number of benzene rings is 3. The highest BCUT2D eigenvalue weighted by Gasteiger charge is 2.14. The predicted octanol–water partition coefficient (Wildman–Crippen LogP) is 4.54. The molecule has 0 aliphatic rings. The van der Waals surface area contributed by atoms with Crippen molar-refractivity contribution in [3.05, 3.63) is 83.9 Å². The minimum Gasteiger partial charge on any atom is -0.493 e. The Hall–Kier alpha value is -3.80. The second kappa shape index (κ2) is 9.41. The van der Waals surface area contributed by atoms with Gasteiger partial charge in [-0.05, 0) is 54.6 Å². The van der Waals surface area contributed by atoms with E-state index in [0.717, 1.165) is 0 Å². The Kier molecular flexibility index (Phi) is 6.47. The van der Waals surface area contributed by atoms with Gasteiger partial charge in [0.2, 0.25) is 0 Å². The fourth-order valence-electron chi connectivity index (χ4n) is 2.59. The van der Waals surface area contributed by atoms with E-state index in [4.69, 9.17) is 18.9 Å². The molecule has 6 nitrogen and oxygen atoms in total. The van der Waals surface area contributed by atoms with E-state index >= 15 is 0 Å². The molecule has 0 fully saturated rings. The molecular weight excluding hydrogens is 372 g/mol. The van der Waals surface area contributed by atoms with Crippen molar-refractivity contribution in [3.63, 3.8) is 0 Å². The zero-order valence-electron chi connectivity index (χ0n) is 16.1. The average molecular weight is 392 g/mol. The lowest BCUT2D eigenvalue weighted by Gasteiger charge is -2.09. The van der Waals surface area contributed by atoms with Crippen LogP contribution in [0.5, 0.6) is 23.0 Å². The topological polar surface area (TPSA) is 71.1 Å². The van der Waals surface area contributed by atoms with Gasteiger partial charge >= 0.3 is 5.97 Å². The van der Waals surface area contributed by atoms with E-state index in [9.17, 15) is 9.59 Å². The second-order valence-corrected chi connectivity index (χ2v) is 6.01. The Labute approximate surface area is 168 Å². The van der Waals surface area contributed by atoms with Crippen LogP contribution in [0.15, 0.2) is 72.8 Å². The number of methoxy groups -OCH3 is 2. The maximum absolute atomic E-state index is 12.3. The van der Waals surface area contributed by atoms with Gasteiger partial charge in [0.25, 0.3) is 0 Å². The molecule has 0 bridgehead atoms. The van der Waals surface area contributed by atoms with Gasteiger partial charge in [-0.2, -0.15) is 0 Å². The highest BCUT2D eigenvalue weighted by Crippen LogP contribution is 2.27. The fraction of sp³-hybridized carbons (Fsp3) is 0.130. The summed E-state index contributed by atoms with van der Waals surface area (Å²) in [6.45, 7) is -0.378. The number of esters is 1. The van der Waals surface area contributed by atoms with Gasteiger partial charge in [0.1, 0.15) is 11.5 Å². The lowest BCUT2D eigenvalue weighted by molar-refractivity contribution is 0.0474. The van der Waals surface area contributed by atoms with Crippen LogP contribution in [0, 0.1) is 0 Å². The second-order valence-electron chi connectivity index (χ2n) is 6.01. The van der Waals surface area contributed by atoms with Crippen molar-refractivity contribution in [1.29, 1.82) is 0 Å². The van der Waals surface area contributed by atoms with E-state index in [-0.39, 0.29) is 12.4 Å². The third-order valence-corrected chi connectivity index (χ3v) is 4.11. The monoisotopic (exact) mass is 392 g/mol. The van der Waals surface area contributed by atoms with Gasteiger partial charge in [-0.3, -0.25) is 4.79 Å². The number of Topliss-reactive ketones (excluding diaryl/α,β-unsaturated/α-hetero) is 1. The molecular formula is C23H20O6. The third-order valence-electron chi connectivity index (χ3n) is 4.11. The number of carbonyl (C=O) groups excluding carboxylic acids is 2. The first-order valence-electron chi connectivity index (χ1n) is 8.86. The van der Waals surface area contributed by atoms with Gasteiger partial charge in [0.15, 0.2) is 23.9 Å². The molecule has 3 aromatic carbocycles. The molecule has 0 radical (unpaired) electrons. The summed E-state index contributed by atoms with van der Waals surface area (Å²) < 4.78 is 21.1. The molecule has 29 heavy (non-hydrogen) atoms. The number of ketones is 1. The van der Waals surface area contributed by atoms with Crippen LogP contribution in [0.25, 0.3) is 0 Å². The summed E-state index contributed by atoms with van der Waals surface area (Å²) >= 11 is 0. The summed E-state index contributed by atoms with van der Waals surface area (Å²) in [6, 6.07) is 20.6. The van der Waals surface area contributed by atoms with E-state index < -0.39 is 5.97 Å². The van der Waals surface area contributed by atoms with Crippen molar-refractivity contribution in [3.8, 4) is 23.0 Å². The lowest BCUT2D eigenvalue weighted by Crippen LogP contribution is -2.14. The first kappa shape index (κ1) is 19.9. The maximum atomic E-state index is 12.3. The molecule has 6 heteroatoms. The smallest absolute Gasteiger partial charge is 0.338 e. The Morgan fingerprint density at radius 1 is 0.724 bits per heavy atom. The first-order valence-corrected chi connectivity index (χ1v) is 8.86. The third kappa shape index (κ3) is 5.13. The Bertz CT molecular complexity index is 980. The molecule has 0 saturated heterocycles. The van der Waals surface area contributed by atoms with Crippen molar-refractivity contribution in [2.45, 2.75) is 0 Å². The van der Waals surface area contributed by atoms with Crippen LogP contribution in [0.4, 0.5) is 0 Å². The summed E-state index contributed by atoms with van der Waals surface area (Å²) in [5.74, 6) is 1.29. The first-order chi connectivity index (χ1) is 14.1. The van der Waals surface area contributed by atoms with E-state index in [1.54, 1.807) is 42.5 Å². The van der Waals surface area contributed by atoms with Gasteiger partial charge in [0, 0.05) is 5.56 Å². The van der Waals surface area contributed by atoms with Gasteiger partial charge < -0.3 is 18.9 Å². The van der Waals surface area contributed by atoms with Gasteiger partial charge in [-0.15, -0.1) is 0 Å². The SMILES string of the molecule is COc1ccc(C(=O)COC(=O)c2ccc(Oc3ccccc3)cc2)cc1OC. The molecule has 3 rings (SSSR count). The van der Waals surface area contributed by atoms with E-state index in [1.165, 1.54) is 14.2 Å². The number of para-hydroxylation sites is 1. The van der Waals surface area contributed by atoms with Crippen LogP contribution in [-0.4, -0.2) is 32.6 Å². The molecule has 3 aromatic rings. The summed E-state index contributed by atoms with van der Waals surface area (Å²) in [7, 11) is 2.99. The standard InChI is InChI=1S/C23H20O6/c1-26-21-13-10-17(14-22(21)27-2)20(24)15-28-23(25)16-8-11-19(12-9-16)29-18-6-4-3-5-7-18/h3-14H,15H2,1-2H3. The largest absolute Gasteiger partial charge is 0.493 e. The Morgan fingerprint density at radius 3 is 2.00 bits per heavy atom.